The third kappa shape index (κ3) is 4.25. The van der Waals surface area contributed by atoms with Gasteiger partial charge in [-0.25, -0.2) is 0 Å². The summed E-state index contributed by atoms with van der Waals surface area (Å²) in [4.78, 5) is 0. The maximum absolute atomic E-state index is 12.9. The SMILES string of the molecule is COc1ccc(C(F)(F)F)cc1Nc1ccc([C@@H]2CCCNC2)cc1. The molecule has 0 aromatic heterocycles. The number of methoxy groups -OCH3 is 1. The predicted octanol–water partition coefficient (Wildman–Crippen LogP) is 4.92. The number of halogens is 3. The molecule has 0 aliphatic carbocycles. The summed E-state index contributed by atoms with van der Waals surface area (Å²) < 4.78 is 43.9. The van der Waals surface area contributed by atoms with Gasteiger partial charge >= 0.3 is 6.18 Å². The van der Waals surface area contributed by atoms with Crippen molar-refractivity contribution in [2.75, 3.05) is 25.5 Å². The molecular weight excluding hydrogens is 329 g/mol. The number of rotatable bonds is 4. The molecular formula is C19H21F3N2O. The van der Waals surface area contributed by atoms with E-state index in [0.717, 1.165) is 43.8 Å². The summed E-state index contributed by atoms with van der Waals surface area (Å²) in [5.41, 5.74) is 1.56. The number of hydrogen-bond donors (Lipinski definition) is 2. The Morgan fingerprint density at radius 1 is 1.12 bits per heavy atom. The second kappa shape index (κ2) is 7.35. The average Bonchev–Trinajstić information content (AvgIpc) is 2.62. The summed E-state index contributed by atoms with van der Waals surface area (Å²) in [5.74, 6) is 0.861. The number of piperidine rings is 1. The summed E-state index contributed by atoms with van der Waals surface area (Å²) in [5, 5.41) is 6.41. The van der Waals surface area contributed by atoms with Crippen LogP contribution in [0.1, 0.15) is 29.9 Å². The minimum Gasteiger partial charge on any atom is -0.495 e. The Hall–Kier alpha value is -2.21. The molecule has 0 spiro atoms. The smallest absolute Gasteiger partial charge is 0.416 e. The standard InChI is InChI=1S/C19H21F3N2O/c1-25-18-9-6-15(19(20,21)22)11-17(18)24-16-7-4-13(5-8-16)14-3-2-10-23-12-14/h4-9,11,14,23-24H,2-3,10,12H2,1H3/t14-/m1/s1. The van der Waals surface area contributed by atoms with Gasteiger partial charge in [-0.3, -0.25) is 0 Å². The third-order valence-electron chi connectivity index (χ3n) is 4.48. The van der Waals surface area contributed by atoms with Gasteiger partial charge in [-0.1, -0.05) is 12.1 Å². The van der Waals surface area contributed by atoms with Crippen molar-refractivity contribution in [1.82, 2.24) is 5.32 Å². The Labute approximate surface area is 145 Å². The molecule has 2 aromatic rings. The summed E-state index contributed by atoms with van der Waals surface area (Å²) >= 11 is 0. The van der Waals surface area contributed by atoms with Crippen molar-refractivity contribution in [3.8, 4) is 5.75 Å². The van der Waals surface area contributed by atoms with Crippen molar-refractivity contribution >= 4 is 11.4 Å². The monoisotopic (exact) mass is 350 g/mol. The van der Waals surface area contributed by atoms with Crippen molar-refractivity contribution in [2.24, 2.45) is 0 Å². The van der Waals surface area contributed by atoms with Gasteiger partial charge in [-0.15, -0.1) is 0 Å². The average molecular weight is 350 g/mol. The summed E-state index contributed by atoms with van der Waals surface area (Å²) in [7, 11) is 1.44. The van der Waals surface area contributed by atoms with Gasteiger partial charge < -0.3 is 15.4 Å². The van der Waals surface area contributed by atoms with Gasteiger partial charge in [0.05, 0.1) is 18.4 Å². The fourth-order valence-corrected chi connectivity index (χ4v) is 3.11. The first-order valence-electron chi connectivity index (χ1n) is 8.30. The first-order chi connectivity index (χ1) is 12.0. The van der Waals surface area contributed by atoms with E-state index in [1.54, 1.807) is 0 Å². The highest BCUT2D eigenvalue weighted by atomic mass is 19.4. The summed E-state index contributed by atoms with van der Waals surface area (Å²) in [6.07, 6.45) is -2.08. The molecule has 2 N–H and O–H groups in total. The van der Waals surface area contributed by atoms with Gasteiger partial charge in [0, 0.05) is 12.2 Å². The van der Waals surface area contributed by atoms with E-state index in [0.29, 0.717) is 17.4 Å². The molecule has 1 aliphatic heterocycles. The second-order valence-electron chi connectivity index (χ2n) is 6.20. The van der Waals surface area contributed by atoms with Crippen LogP contribution in [0, 0.1) is 0 Å². The lowest BCUT2D eigenvalue weighted by atomic mass is 9.91. The molecule has 2 aromatic carbocycles. The van der Waals surface area contributed by atoms with Crippen LogP contribution in [-0.2, 0) is 6.18 Å². The fourth-order valence-electron chi connectivity index (χ4n) is 3.11. The molecule has 0 saturated carbocycles. The molecule has 0 amide bonds. The molecule has 25 heavy (non-hydrogen) atoms. The Morgan fingerprint density at radius 2 is 1.88 bits per heavy atom. The Kier molecular flexibility index (Phi) is 5.18. The minimum atomic E-state index is -4.39. The van der Waals surface area contributed by atoms with Crippen molar-refractivity contribution in [3.63, 3.8) is 0 Å². The van der Waals surface area contributed by atoms with Crippen molar-refractivity contribution < 1.29 is 17.9 Å². The van der Waals surface area contributed by atoms with E-state index in [2.05, 4.69) is 10.6 Å². The topological polar surface area (TPSA) is 33.3 Å². The zero-order chi connectivity index (χ0) is 17.9. The Morgan fingerprint density at radius 3 is 2.48 bits per heavy atom. The molecule has 1 aliphatic rings. The van der Waals surface area contributed by atoms with Gasteiger partial charge in [-0.05, 0) is 61.2 Å². The van der Waals surface area contributed by atoms with Crippen LogP contribution in [0.15, 0.2) is 42.5 Å². The largest absolute Gasteiger partial charge is 0.495 e. The van der Waals surface area contributed by atoms with Crippen molar-refractivity contribution in [1.29, 1.82) is 0 Å². The minimum absolute atomic E-state index is 0.296. The fraction of sp³-hybridized carbons (Fsp3) is 0.368. The number of nitrogens with one attached hydrogen (secondary N) is 2. The first-order valence-corrected chi connectivity index (χ1v) is 8.30. The first kappa shape index (κ1) is 17.6. The second-order valence-corrected chi connectivity index (χ2v) is 6.20. The van der Waals surface area contributed by atoms with E-state index in [-0.39, 0.29) is 0 Å². The Bertz CT molecular complexity index is 708. The van der Waals surface area contributed by atoms with Gasteiger partial charge in [0.15, 0.2) is 0 Å². The van der Waals surface area contributed by atoms with Crippen LogP contribution in [-0.4, -0.2) is 20.2 Å². The molecule has 3 rings (SSSR count). The van der Waals surface area contributed by atoms with E-state index in [9.17, 15) is 13.2 Å². The molecule has 134 valence electrons. The highest BCUT2D eigenvalue weighted by Crippen LogP contribution is 2.36. The van der Waals surface area contributed by atoms with Gasteiger partial charge in [0.25, 0.3) is 0 Å². The molecule has 1 atom stereocenters. The zero-order valence-corrected chi connectivity index (χ0v) is 14.0. The normalized spacial score (nSPS) is 18.0. The van der Waals surface area contributed by atoms with Crippen LogP contribution >= 0.6 is 0 Å². The predicted molar refractivity (Wildman–Crippen MR) is 92.6 cm³/mol. The number of anilines is 2. The van der Waals surface area contributed by atoms with Crippen LogP contribution in [0.25, 0.3) is 0 Å². The van der Waals surface area contributed by atoms with E-state index in [1.165, 1.54) is 18.7 Å². The maximum Gasteiger partial charge on any atom is 0.416 e. The molecule has 1 fully saturated rings. The van der Waals surface area contributed by atoms with E-state index >= 15 is 0 Å². The van der Waals surface area contributed by atoms with Gasteiger partial charge in [0.1, 0.15) is 5.75 Å². The van der Waals surface area contributed by atoms with Crippen LogP contribution in [0.3, 0.4) is 0 Å². The number of ether oxygens (including phenoxy) is 1. The zero-order valence-electron chi connectivity index (χ0n) is 14.0. The van der Waals surface area contributed by atoms with Crippen LogP contribution in [0.2, 0.25) is 0 Å². The lowest BCUT2D eigenvalue weighted by Gasteiger charge is -2.23. The highest BCUT2D eigenvalue weighted by Gasteiger charge is 2.31. The van der Waals surface area contributed by atoms with E-state index in [4.69, 9.17) is 4.74 Å². The third-order valence-corrected chi connectivity index (χ3v) is 4.48. The van der Waals surface area contributed by atoms with Crippen molar-refractivity contribution in [2.45, 2.75) is 24.9 Å². The lowest BCUT2D eigenvalue weighted by molar-refractivity contribution is -0.137. The molecule has 1 heterocycles. The Balaban J connectivity index is 1.79. The van der Waals surface area contributed by atoms with Crippen LogP contribution in [0.5, 0.6) is 5.75 Å². The number of benzene rings is 2. The molecule has 0 bridgehead atoms. The van der Waals surface area contributed by atoms with Gasteiger partial charge in [-0.2, -0.15) is 13.2 Å². The molecule has 6 heteroatoms. The quantitative estimate of drug-likeness (QED) is 0.821. The maximum atomic E-state index is 12.9. The highest BCUT2D eigenvalue weighted by molar-refractivity contribution is 5.67. The molecule has 3 nitrogen and oxygen atoms in total. The molecule has 0 unspecified atom stereocenters. The van der Waals surface area contributed by atoms with Gasteiger partial charge in [0.2, 0.25) is 0 Å². The summed E-state index contributed by atoms with van der Waals surface area (Å²) in [6, 6.07) is 11.3. The van der Waals surface area contributed by atoms with Crippen LogP contribution in [0.4, 0.5) is 24.5 Å². The summed E-state index contributed by atoms with van der Waals surface area (Å²) in [6.45, 7) is 2.03. The van der Waals surface area contributed by atoms with E-state index < -0.39 is 11.7 Å². The number of alkyl halides is 3. The molecule has 1 saturated heterocycles. The lowest BCUT2D eigenvalue weighted by Crippen LogP contribution is -2.28. The van der Waals surface area contributed by atoms with Crippen molar-refractivity contribution in [3.05, 3.63) is 53.6 Å². The van der Waals surface area contributed by atoms with Crippen LogP contribution < -0.4 is 15.4 Å². The van der Waals surface area contributed by atoms with E-state index in [1.807, 2.05) is 24.3 Å². The molecule has 0 radical (unpaired) electrons. The number of hydrogen-bond acceptors (Lipinski definition) is 3.